The van der Waals surface area contributed by atoms with E-state index >= 15 is 0 Å². The Morgan fingerprint density at radius 2 is 1.73 bits per heavy atom. The van der Waals surface area contributed by atoms with Gasteiger partial charge < -0.3 is 20.1 Å². The largest absolute Gasteiger partial charge is 0.490 e. The van der Waals surface area contributed by atoms with Crippen molar-refractivity contribution in [1.82, 2.24) is 10.2 Å². The number of hydrogen-bond acceptors (Lipinski definition) is 5. The van der Waals surface area contributed by atoms with Gasteiger partial charge in [-0.1, -0.05) is 51.8 Å². The summed E-state index contributed by atoms with van der Waals surface area (Å²) < 4.78 is 12.7. The van der Waals surface area contributed by atoms with E-state index in [4.69, 9.17) is 9.47 Å². The number of hydrogen-bond donors (Lipinski definition) is 2. The maximum atomic E-state index is 12.8. The summed E-state index contributed by atoms with van der Waals surface area (Å²) in [6.45, 7) is 4.19. The molecule has 1 aliphatic rings. The summed E-state index contributed by atoms with van der Waals surface area (Å²) in [5, 5.41) is 5.23. The molecule has 9 heteroatoms. The summed E-state index contributed by atoms with van der Waals surface area (Å²) in [5.41, 5.74) is 3.35. The molecule has 8 nitrogen and oxygen atoms in total. The summed E-state index contributed by atoms with van der Waals surface area (Å²) in [6, 6.07) is 19.6. The van der Waals surface area contributed by atoms with Crippen molar-refractivity contribution in [3.8, 4) is 11.5 Å². The number of carbonyl (C=O) groups is 3. The van der Waals surface area contributed by atoms with Crippen LogP contribution in [0, 0.1) is 6.92 Å². The average molecular weight is 564 g/mol. The Kier molecular flexibility index (Phi) is 8.25. The van der Waals surface area contributed by atoms with Crippen LogP contribution in [0.1, 0.15) is 23.6 Å². The molecule has 3 aromatic carbocycles. The Hall–Kier alpha value is -4.11. The molecular formula is C28H26BrN3O5. The van der Waals surface area contributed by atoms with Gasteiger partial charge in [0.2, 0.25) is 5.91 Å². The first-order valence-corrected chi connectivity index (χ1v) is 12.5. The predicted molar refractivity (Wildman–Crippen MR) is 144 cm³/mol. The second kappa shape index (κ2) is 11.7. The molecule has 2 N–H and O–H groups in total. The third-order valence-corrected chi connectivity index (χ3v) is 6.01. The van der Waals surface area contributed by atoms with Crippen molar-refractivity contribution in [1.29, 1.82) is 0 Å². The molecule has 3 aromatic rings. The van der Waals surface area contributed by atoms with Gasteiger partial charge in [-0.15, -0.1) is 0 Å². The number of aryl methyl sites for hydroxylation is 1. The summed E-state index contributed by atoms with van der Waals surface area (Å²) in [7, 11) is 0. The highest BCUT2D eigenvalue weighted by molar-refractivity contribution is 9.10. The maximum absolute atomic E-state index is 12.8. The number of amides is 4. The van der Waals surface area contributed by atoms with E-state index in [1.807, 2.05) is 50.2 Å². The lowest BCUT2D eigenvalue weighted by Gasteiger charge is -2.13. The van der Waals surface area contributed by atoms with Gasteiger partial charge in [0.25, 0.3) is 5.91 Å². The van der Waals surface area contributed by atoms with Crippen LogP contribution in [-0.2, 0) is 16.2 Å². The van der Waals surface area contributed by atoms with Crippen LogP contribution in [0.25, 0.3) is 6.08 Å². The minimum Gasteiger partial charge on any atom is -0.490 e. The van der Waals surface area contributed by atoms with Gasteiger partial charge in [-0.05, 0) is 67.4 Å². The Morgan fingerprint density at radius 3 is 2.43 bits per heavy atom. The van der Waals surface area contributed by atoms with Gasteiger partial charge in [0, 0.05) is 10.2 Å². The molecule has 0 saturated carbocycles. The van der Waals surface area contributed by atoms with E-state index in [-0.39, 0.29) is 5.70 Å². The highest BCUT2D eigenvalue weighted by Gasteiger charge is 2.35. The van der Waals surface area contributed by atoms with Crippen LogP contribution in [0.2, 0.25) is 0 Å². The van der Waals surface area contributed by atoms with Gasteiger partial charge in [0.1, 0.15) is 18.8 Å². The summed E-state index contributed by atoms with van der Waals surface area (Å²) in [6.07, 6.45) is 1.54. The van der Waals surface area contributed by atoms with E-state index in [1.165, 1.54) is 0 Å². The summed E-state index contributed by atoms with van der Waals surface area (Å²) >= 11 is 3.42. The number of ether oxygens (including phenoxy) is 2. The van der Waals surface area contributed by atoms with E-state index < -0.39 is 24.4 Å². The molecule has 0 aromatic heterocycles. The summed E-state index contributed by atoms with van der Waals surface area (Å²) in [5.74, 6) is 0.0141. The van der Waals surface area contributed by atoms with E-state index in [0.29, 0.717) is 36.0 Å². The number of carbonyl (C=O) groups excluding carboxylic acids is 3. The zero-order chi connectivity index (χ0) is 26.4. The minimum atomic E-state index is -0.658. The van der Waals surface area contributed by atoms with Crippen molar-refractivity contribution in [2.24, 2.45) is 0 Å². The van der Waals surface area contributed by atoms with Gasteiger partial charge in [0.15, 0.2) is 11.5 Å². The van der Waals surface area contributed by atoms with Crippen molar-refractivity contribution < 1.29 is 23.9 Å². The van der Waals surface area contributed by atoms with Crippen molar-refractivity contribution >= 4 is 45.5 Å². The number of nitrogens with zero attached hydrogens (tertiary/aromatic N) is 1. The first-order chi connectivity index (χ1) is 17.8. The van der Waals surface area contributed by atoms with Crippen LogP contribution >= 0.6 is 15.9 Å². The molecule has 0 spiro atoms. The number of urea groups is 1. The zero-order valence-corrected chi connectivity index (χ0v) is 22.0. The van der Waals surface area contributed by atoms with Crippen LogP contribution in [0.4, 0.5) is 10.5 Å². The molecule has 1 fully saturated rings. The van der Waals surface area contributed by atoms with Crippen molar-refractivity contribution in [3.63, 3.8) is 0 Å². The second-order valence-corrected chi connectivity index (χ2v) is 9.26. The van der Waals surface area contributed by atoms with Crippen molar-refractivity contribution in [2.75, 3.05) is 18.5 Å². The van der Waals surface area contributed by atoms with Crippen LogP contribution in [0.3, 0.4) is 0 Å². The smallest absolute Gasteiger partial charge is 0.329 e. The van der Waals surface area contributed by atoms with Gasteiger partial charge in [-0.25, -0.2) is 9.69 Å². The molecular weight excluding hydrogens is 538 g/mol. The molecule has 0 bridgehead atoms. The highest BCUT2D eigenvalue weighted by Crippen LogP contribution is 2.30. The zero-order valence-electron chi connectivity index (χ0n) is 20.4. The molecule has 1 heterocycles. The fraction of sp³-hybridized carbons (Fsp3) is 0.179. The van der Waals surface area contributed by atoms with Gasteiger partial charge in [-0.2, -0.15) is 0 Å². The Bertz CT molecular complexity index is 1340. The molecule has 0 radical (unpaired) electrons. The van der Waals surface area contributed by atoms with Crippen LogP contribution in [0.15, 0.2) is 76.9 Å². The number of imide groups is 1. The van der Waals surface area contributed by atoms with E-state index in [2.05, 4.69) is 26.6 Å². The highest BCUT2D eigenvalue weighted by atomic mass is 79.9. The third kappa shape index (κ3) is 6.77. The summed E-state index contributed by atoms with van der Waals surface area (Å²) in [4.78, 5) is 38.5. The molecule has 1 aliphatic heterocycles. The number of anilines is 1. The minimum absolute atomic E-state index is 0.0686. The molecule has 4 amide bonds. The van der Waals surface area contributed by atoms with Crippen molar-refractivity contribution in [3.05, 3.63) is 93.6 Å². The molecule has 37 heavy (non-hydrogen) atoms. The van der Waals surface area contributed by atoms with Gasteiger partial charge in [-0.3, -0.25) is 9.59 Å². The van der Waals surface area contributed by atoms with Gasteiger partial charge >= 0.3 is 6.03 Å². The molecule has 0 atom stereocenters. The fourth-order valence-corrected chi connectivity index (χ4v) is 3.87. The first-order valence-electron chi connectivity index (χ1n) is 11.7. The van der Waals surface area contributed by atoms with E-state index in [0.717, 1.165) is 20.5 Å². The molecule has 190 valence electrons. The number of nitrogens with one attached hydrogen (secondary N) is 2. The van der Waals surface area contributed by atoms with Crippen molar-refractivity contribution in [2.45, 2.75) is 20.5 Å². The SMILES string of the molecule is CCOc1cc(/C=C2/NC(=O)N(CC(=O)Nc3ccc(C)cc3)C2=O)ccc1OCc1ccc(Br)cc1. The lowest BCUT2D eigenvalue weighted by atomic mass is 10.1. The maximum Gasteiger partial charge on any atom is 0.329 e. The fourth-order valence-electron chi connectivity index (χ4n) is 3.61. The lowest BCUT2D eigenvalue weighted by molar-refractivity contribution is -0.127. The number of rotatable bonds is 9. The van der Waals surface area contributed by atoms with Gasteiger partial charge in [0.05, 0.1) is 6.61 Å². The van der Waals surface area contributed by atoms with Crippen LogP contribution in [0.5, 0.6) is 11.5 Å². The predicted octanol–water partition coefficient (Wildman–Crippen LogP) is 5.27. The first kappa shape index (κ1) is 26.0. The molecule has 0 unspecified atom stereocenters. The Labute approximate surface area is 223 Å². The average Bonchev–Trinajstić information content (AvgIpc) is 3.13. The quantitative estimate of drug-likeness (QED) is 0.273. The van der Waals surface area contributed by atoms with Crippen LogP contribution in [-0.4, -0.2) is 35.9 Å². The molecule has 0 aliphatic carbocycles. The topological polar surface area (TPSA) is 97.0 Å². The monoisotopic (exact) mass is 563 g/mol. The Balaban J connectivity index is 1.44. The Morgan fingerprint density at radius 1 is 1.00 bits per heavy atom. The van der Waals surface area contributed by atoms with Crippen LogP contribution < -0.4 is 20.1 Å². The third-order valence-electron chi connectivity index (χ3n) is 5.49. The molecule has 4 rings (SSSR count). The number of halogens is 1. The standard InChI is InChI=1S/C28H26BrN3O5/c1-3-36-25-15-20(8-13-24(25)37-17-19-6-9-21(29)10-7-19)14-23-27(34)32(28(35)31-23)16-26(33)30-22-11-4-18(2)5-12-22/h4-15H,3,16-17H2,1-2H3,(H,30,33)(H,31,35)/b23-14+. The lowest BCUT2D eigenvalue weighted by Crippen LogP contribution is -2.38. The molecule has 1 saturated heterocycles. The number of benzene rings is 3. The van der Waals surface area contributed by atoms with E-state index in [1.54, 1.807) is 36.4 Å². The van der Waals surface area contributed by atoms with E-state index in [9.17, 15) is 14.4 Å². The normalized spacial score (nSPS) is 14.0. The second-order valence-electron chi connectivity index (χ2n) is 8.35.